The fraction of sp³-hybridized carbons (Fsp3) is 0.231. The predicted molar refractivity (Wildman–Crippen MR) is 77.8 cm³/mol. The van der Waals surface area contributed by atoms with Gasteiger partial charge in [-0.1, -0.05) is 30.3 Å². The van der Waals surface area contributed by atoms with E-state index in [-0.39, 0.29) is 6.04 Å². The van der Waals surface area contributed by atoms with E-state index in [1.807, 2.05) is 25.2 Å². The zero-order valence-corrected chi connectivity index (χ0v) is 11.9. The molecule has 1 unspecified atom stereocenters. The standard InChI is InChI=1S/C13H15BrN4/c1-9(10-6-4-3-5-7-10)18-13-11(14)12(15-2)16-8-17-13/h3-9H,1-2H3,(H2,15,16,17,18). The molecule has 5 heteroatoms. The van der Waals surface area contributed by atoms with Crippen molar-refractivity contribution in [2.45, 2.75) is 13.0 Å². The molecule has 0 radical (unpaired) electrons. The van der Waals surface area contributed by atoms with E-state index in [4.69, 9.17) is 0 Å². The lowest BCUT2D eigenvalue weighted by Gasteiger charge is -2.16. The molecule has 1 aromatic carbocycles. The molecule has 0 aliphatic heterocycles. The number of rotatable bonds is 4. The Balaban J connectivity index is 2.19. The summed E-state index contributed by atoms with van der Waals surface area (Å²) in [6, 6.07) is 10.4. The van der Waals surface area contributed by atoms with Gasteiger partial charge in [0.15, 0.2) is 0 Å². The second kappa shape index (κ2) is 5.82. The van der Waals surface area contributed by atoms with E-state index >= 15 is 0 Å². The van der Waals surface area contributed by atoms with Crippen LogP contribution in [0.3, 0.4) is 0 Å². The van der Waals surface area contributed by atoms with E-state index in [1.165, 1.54) is 11.9 Å². The lowest BCUT2D eigenvalue weighted by molar-refractivity contribution is 0.870. The summed E-state index contributed by atoms with van der Waals surface area (Å²) in [6.45, 7) is 2.10. The average Bonchev–Trinajstić information content (AvgIpc) is 2.42. The van der Waals surface area contributed by atoms with E-state index < -0.39 is 0 Å². The monoisotopic (exact) mass is 306 g/mol. The molecule has 0 spiro atoms. The Kier molecular flexibility index (Phi) is 4.15. The third kappa shape index (κ3) is 2.79. The van der Waals surface area contributed by atoms with E-state index in [0.717, 1.165) is 16.1 Å². The molecular formula is C13H15BrN4. The van der Waals surface area contributed by atoms with E-state index in [2.05, 4.69) is 55.6 Å². The van der Waals surface area contributed by atoms with Gasteiger partial charge in [0.25, 0.3) is 0 Å². The van der Waals surface area contributed by atoms with Gasteiger partial charge in [0.05, 0.1) is 0 Å². The minimum atomic E-state index is 0.183. The van der Waals surface area contributed by atoms with Crippen LogP contribution in [0.25, 0.3) is 0 Å². The van der Waals surface area contributed by atoms with Crippen LogP contribution in [0.4, 0.5) is 11.6 Å². The lowest BCUT2D eigenvalue weighted by atomic mass is 10.1. The van der Waals surface area contributed by atoms with E-state index in [1.54, 1.807) is 0 Å². The number of hydrogen-bond donors (Lipinski definition) is 2. The molecule has 0 saturated heterocycles. The van der Waals surface area contributed by atoms with Crippen molar-refractivity contribution in [2.24, 2.45) is 0 Å². The smallest absolute Gasteiger partial charge is 0.146 e. The van der Waals surface area contributed by atoms with Gasteiger partial charge in [-0.25, -0.2) is 9.97 Å². The van der Waals surface area contributed by atoms with Gasteiger partial charge in [-0.15, -0.1) is 0 Å². The zero-order chi connectivity index (χ0) is 13.0. The first kappa shape index (κ1) is 12.8. The fourth-order valence-electron chi connectivity index (χ4n) is 1.67. The molecule has 94 valence electrons. The van der Waals surface area contributed by atoms with Crippen LogP contribution in [0.1, 0.15) is 18.5 Å². The van der Waals surface area contributed by atoms with Crippen LogP contribution < -0.4 is 10.6 Å². The molecule has 0 amide bonds. The van der Waals surface area contributed by atoms with Gasteiger partial charge < -0.3 is 10.6 Å². The summed E-state index contributed by atoms with van der Waals surface area (Å²) in [5, 5.41) is 6.37. The number of benzene rings is 1. The summed E-state index contributed by atoms with van der Waals surface area (Å²) < 4.78 is 0.843. The van der Waals surface area contributed by atoms with Crippen molar-refractivity contribution in [1.82, 2.24) is 9.97 Å². The van der Waals surface area contributed by atoms with Crippen LogP contribution in [0.2, 0.25) is 0 Å². The topological polar surface area (TPSA) is 49.8 Å². The summed E-state index contributed by atoms with van der Waals surface area (Å²) >= 11 is 3.49. The number of nitrogens with one attached hydrogen (secondary N) is 2. The molecule has 0 saturated carbocycles. The number of hydrogen-bond acceptors (Lipinski definition) is 4. The molecule has 2 aromatic rings. The van der Waals surface area contributed by atoms with E-state index in [0.29, 0.717) is 0 Å². The van der Waals surface area contributed by atoms with Crippen molar-refractivity contribution >= 4 is 27.6 Å². The average molecular weight is 307 g/mol. The molecule has 2 rings (SSSR count). The zero-order valence-electron chi connectivity index (χ0n) is 10.3. The number of nitrogens with zero attached hydrogens (tertiary/aromatic N) is 2. The van der Waals surface area contributed by atoms with Gasteiger partial charge in [-0.05, 0) is 28.4 Å². The molecule has 1 atom stereocenters. The Hall–Kier alpha value is -1.62. The summed E-state index contributed by atoms with van der Waals surface area (Å²) in [6.07, 6.45) is 1.54. The van der Waals surface area contributed by atoms with Crippen molar-refractivity contribution in [2.75, 3.05) is 17.7 Å². The van der Waals surface area contributed by atoms with Crippen molar-refractivity contribution in [3.8, 4) is 0 Å². The number of anilines is 2. The number of aromatic nitrogens is 2. The van der Waals surface area contributed by atoms with Crippen LogP contribution in [0, 0.1) is 0 Å². The Bertz CT molecular complexity index is 516. The minimum absolute atomic E-state index is 0.183. The second-order valence-electron chi connectivity index (χ2n) is 3.91. The van der Waals surface area contributed by atoms with Crippen molar-refractivity contribution in [3.63, 3.8) is 0 Å². The lowest BCUT2D eigenvalue weighted by Crippen LogP contribution is -2.09. The molecule has 0 fully saturated rings. The van der Waals surface area contributed by atoms with Crippen LogP contribution in [0.5, 0.6) is 0 Å². The SMILES string of the molecule is CNc1ncnc(NC(C)c2ccccc2)c1Br. The van der Waals surface area contributed by atoms with Crippen molar-refractivity contribution < 1.29 is 0 Å². The van der Waals surface area contributed by atoms with Crippen LogP contribution >= 0.6 is 15.9 Å². The van der Waals surface area contributed by atoms with Gasteiger partial charge in [-0.3, -0.25) is 0 Å². The molecule has 1 heterocycles. The number of halogens is 1. The Labute approximate surface area is 115 Å². The first-order valence-corrected chi connectivity index (χ1v) is 6.51. The molecule has 0 aliphatic carbocycles. The summed E-state index contributed by atoms with van der Waals surface area (Å²) in [5.41, 5.74) is 1.22. The third-order valence-electron chi connectivity index (χ3n) is 2.68. The summed E-state index contributed by atoms with van der Waals surface area (Å²) in [5.74, 6) is 1.55. The molecule has 2 N–H and O–H groups in total. The summed E-state index contributed by atoms with van der Waals surface area (Å²) in [4.78, 5) is 8.37. The first-order chi connectivity index (χ1) is 8.72. The van der Waals surface area contributed by atoms with Crippen molar-refractivity contribution in [3.05, 3.63) is 46.7 Å². The van der Waals surface area contributed by atoms with Gasteiger partial charge in [0.1, 0.15) is 22.4 Å². The Morgan fingerprint density at radius 2 is 1.78 bits per heavy atom. The molecule has 0 bridgehead atoms. The first-order valence-electron chi connectivity index (χ1n) is 5.72. The Morgan fingerprint density at radius 3 is 2.44 bits per heavy atom. The maximum Gasteiger partial charge on any atom is 0.146 e. The van der Waals surface area contributed by atoms with Crippen molar-refractivity contribution in [1.29, 1.82) is 0 Å². The molecule has 1 aromatic heterocycles. The van der Waals surface area contributed by atoms with E-state index in [9.17, 15) is 0 Å². The molecule has 0 aliphatic rings. The Morgan fingerprint density at radius 1 is 1.11 bits per heavy atom. The largest absolute Gasteiger partial charge is 0.372 e. The normalized spacial score (nSPS) is 11.9. The van der Waals surface area contributed by atoms with Crippen LogP contribution in [0.15, 0.2) is 41.1 Å². The van der Waals surface area contributed by atoms with Gasteiger partial charge in [0, 0.05) is 13.1 Å². The molecule has 4 nitrogen and oxygen atoms in total. The predicted octanol–water partition coefficient (Wildman–Crippen LogP) is 3.45. The quantitative estimate of drug-likeness (QED) is 0.908. The molecular weight excluding hydrogens is 292 g/mol. The van der Waals surface area contributed by atoms with Gasteiger partial charge >= 0.3 is 0 Å². The summed E-state index contributed by atoms with van der Waals surface area (Å²) in [7, 11) is 1.83. The van der Waals surface area contributed by atoms with Gasteiger partial charge in [0.2, 0.25) is 0 Å². The minimum Gasteiger partial charge on any atom is -0.372 e. The maximum absolute atomic E-state index is 4.24. The maximum atomic E-state index is 4.24. The highest BCUT2D eigenvalue weighted by Crippen LogP contribution is 2.28. The van der Waals surface area contributed by atoms with Crippen LogP contribution in [-0.4, -0.2) is 17.0 Å². The highest BCUT2D eigenvalue weighted by molar-refractivity contribution is 9.10. The second-order valence-corrected chi connectivity index (χ2v) is 4.70. The van der Waals surface area contributed by atoms with Gasteiger partial charge in [-0.2, -0.15) is 0 Å². The highest BCUT2D eigenvalue weighted by atomic mass is 79.9. The highest BCUT2D eigenvalue weighted by Gasteiger charge is 2.11. The third-order valence-corrected chi connectivity index (χ3v) is 3.43. The molecule has 18 heavy (non-hydrogen) atoms. The van der Waals surface area contributed by atoms with Crippen LogP contribution in [-0.2, 0) is 0 Å². The fourth-order valence-corrected chi connectivity index (χ4v) is 2.19.